The van der Waals surface area contributed by atoms with E-state index < -0.39 is 0 Å². The molecule has 0 atom stereocenters. The number of nitrogens with zero attached hydrogens (tertiary/aromatic N) is 2. The molecule has 13 heavy (non-hydrogen) atoms. The van der Waals surface area contributed by atoms with E-state index in [0.29, 0.717) is 6.42 Å². The van der Waals surface area contributed by atoms with E-state index in [1.807, 2.05) is 6.08 Å². The van der Waals surface area contributed by atoms with E-state index in [2.05, 4.69) is 5.01 Å². The van der Waals surface area contributed by atoms with Gasteiger partial charge in [-0.1, -0.05) is 12.2 Å². The van der Waals surface area contributed by atoms with E-state index in [9.17, 15) is 4.79 Å². The molecule has 70 valence electrons. The lowest BCUT2D eigenvalue weighted by molar-refractivity contribution is -0.139. The van der Waals surface area contributed by atoms with Crippen molar-refractivity contribution in [2.24, 2.45) is 0 Å². The van der Waals surface area contributed by atoms with Crippen LogP contribution in [0.15, 0.2) is 12.3 Å². The predicted molar refractivity (Wildman–Crippen MR) is 54.0 cm³/mol. The Morgan fingerprint density at radius 3 is 2.62 bits per heavy atom. The smallest absolute Gasteiger partial charge is 0.246 e. The predicted octanol–water partition coefficient (Wildman–Crippen LogP) is 1.11. The minimum atomic E-state index is 0.106. The first kappa shape index (κ1) is 8.84. The standard InChI is InChI=1S/C9H12N2OS/c12-9-7-8(13)3-6-11(9)10-4-1-2-5-10/h3,6H,1-2,4-5,7H2. The van der Waals surface area contributed by atoms with Crippen molar-refractivity contribution in [1.29, 1.82) is 0 Å². The van der Waals surface area contributed by atoms with E-state index in [4.69, 9.17) is 12.2 Å². The van der Waals surface area contributed by atoms with Gasteiger partial charge in [0.1, 0.15) is 0 Å². The van der Waals surface area contributed by atoms with Crippen LogP contribution in [0.2, 0.25) is 0 Å². The third-order valence-corrected chi connectivity index (χ3v) is 2.65. The Kier molecular flexibility index (Phi) is 2.42. The van der Waals surface area contributed by atoms with Gasteiger partial charge >= 0.3 is 0 Å². The summed E-state index contributed by atoms with van der Waals surface area (Å²) < 4.78 is 0. The Morgan fingerprint density at radius 1 is 1.31 bits per heavy atom. The molecule has 0 aromatic heterocycles. The van der Waals surface area contributed by atoms with Crippen LogP contribution < -0.4 is 0 Å². The summed E-state index contributed by atoms with van der Waals surface area (Å²) in [5.74, 6) is 0.106. The molecular formula is C9H12N2OS. The fourth-order valence-electron chi connectivity index (χ4n) is 1.69. The van der Waals surface area contributed by atoms with Gasteiger partial charge < -0.3 is 0 Å². The molecule has 0 unspecified atom stereocenters. The summed E-state index contributed by atoms with van der Waals surface area (Å²) in [5.41, 5.74) is 0. The summed E-state index contributed by atoms with van der Waals surface area (Å²) in [6.07, 6.45) is 6.39. The van der Waals surface area contributed by atoms with Crippen molar-refractivity contribution in [3.8, 4) is 0 Å². The van der Waals surface area contributed by atoms with Gasteiger partial charge in [-0.25, -0.2) is 10.0 Å². The van der Waals surface area contributed by atoms with Crippen LogP contribution in [0, 0.1) is 0 Å². The van der Waals surface area contributed by atoms with Crippen LogP contribution in [0.1, 0.15) is 19.3 Å². The first-order chi connectivity index (χ1) is 6.27. The molecule has 0 spiro atoms. The average molecular weight is 196 g/mol. The molecule has 0 aromatic rings. The molecule has 1 fully saturated rings. The number of carbonyl (C=O) groups excluding carboxylic acids is 1. The highest BCUT2D eigenvalue weighted by atomic mass is 32.1. The minimum Gasteiger partial charge on any atom is -0.273 e. The lowest BCUT2D eigenvalue weighted by atomic mass is 10.2. The van der Waals surface area contributed by atoms with Crippen molar-refractivity contribution >= 4 is 23.0 Å². The Balaban J connectivity index is 2.09. The molecule has 2 heterocycles. The van der Waals surface area contributed by atoms with E-state index in [1.165, 1.54) is 12.8 Å². The molecule has 0 aromatic carbocycles. The van der Waals surface area contributed by atoms with Crippen molar-refractivity contribution < 1.29 is 4.79 Å². The van der Waals surface area contributed by atoms with Gasteiger partial charge in [-0.3, -0.25) is 4.79 Å². The highest BCUT2D eigenvalue weighted by molar-refractivity contribution is 7.80. The van der Waals surface area contributed by atoms with Crippen molar-refractivity contribution in [1.82, 2.24) is 10.0 Å². The minimum absolute atomic E-state index is 0.106. The van der Waals surface area contributed by atoms with Crippen LogP contribution in [0.4, 0.5) is 0 Å². The highest BCUT2D eigenvalue weighted by Crippen LogP contribution is 2.15. The van der Waals surface area contributed by atoms with Gasteiger partial charge in [0.05, 0.1) is 6.42 Å². The number of hydrogen-bond acceptors (Lipinski definition) is 3. The summed E-state index contributed by atoms with van der Waals surface area (Å²) >= 11 is 4.96. The molecule has 2 rings (SSSR count). The second kappa shape index (κ2) is 3.55. The highest BCUT2D eigenvalue weighted by Gasteiger charge is 2.24. The Morgan fingerprint density at radius 2 is 2.00 bits per heavy atom. The van der Waals surface area contributed by atoms with Gasteiger partial charge in [-0.15, -0.1) is 0 Å². The largest absolute Gasteiger partial charge is 0.273 e. The van der Waals surface area contributed by atoms with Gasteiger partial charge in [0.25, 0.3) is 0 Å². The zero-order chi connectivity index (χ0) is 9.26. The molecule has 1 saturated heterocycles. The van der Waals surface area contributed by atoms with Gasteiger partial charge in [0.2, 0.25) is 5.91 Å². The third-order valence-electron chi connectivity index (χ3n) is 2.37. The van der Waals surface area contributed by atoms with Gasteiger partial charge in [-0.05, 0) is 18.9 Å². The van der Waals surface area contributed by atoms with Crippen LogP contribution in [0.5, 0.6) is 0 Å². The number of allylic oxidation sites excluding steroid dienone is 1. The molecule has 1 amide bonds. The van der Waals surface area contributed by atoms with Crippen LogP contribution >= 0.6 is 12.2 Å². The number of amides is 1. The quantitative estimate of drug-likeness (QED) is 0.587. The lowest BCUT2D eigenvalue weighted by Gasteiger charge is -2.30. The first-order valence-corrected chi connectivity index (χ1v) is 4.96. The summed E-state index contributed by atoms with van der Waals surface area (Å²) in [5, 5.41) is 3.80. The SMILES string of the molecule is O=C1CC(=S)C=CN1N1CCCC1. The van der Waals surface area contributed by atoms with Crippen molar-refractivity contribution in [2.45, 2.75) is 19.3 Å². The second-order valence-electron chi connectivity index (χ2n) is 3.36. The Hall–Kier alpha value is -0.740. The summed E-state index contributed by atoms with van der Waals surface area (Å²) in [6, 6.07) is 0. The summed E-state index contributed by atoms with van der Waals surface area (Å²) in [7, 11) is 0. The average Bonchev–Trinajstić information content (AvgIpc) is 2.56. The lowest BCUT2D eigenvalue weighted by Crippen LogP contribution is -2.43. The van der Waals surface area contributed by atoms with Gasteiger partial charge in [0.15, 0.2) is 0 Å². The number of hydrogen-bond donors (Lipinski definition) is 0. The normalized spacial score (nSPS) is 24.5. The molecule has 0 radical (unpaired) electrons. The number of thiocarbonyl (C=S) groups is 1. The molecule has 0 N–H and O–H groups in total. The zero-order valence-corrected chi connectivity index (χ0v) is 8.22. The Bertz CT molecular complexity index is 269. The molecule has 3 nitrogen and oxygen atoms in total. The molecule has 0 aliphatic carbocycles. The molecular weight excluding hydrogens is 184 g/mol. The maximum atomic E-state index is 11.5. The van der Waals surface area contributed by atoms with Gasteiger partial charge in [0, 0.05) is 24.2 Å². The maximum Gasteiger partial charge on any atom is 0.246 e. The van der Waals surface area contributed by atoms with E-state index in [1.54, 1.807) is 11.2 Å². The van der Waals surface area contributed by atoms with E-state index >= 15 is 0 Å². The van der Waals surface area contributed by atoms with Crippen LogP contribution in [0.25, 0.3) is 0 Å². The number of carbonyl (C=O) groups is 1. The fraction of sp³-hybridized carbons (Fsp3) is 0.556. The van der Waals surface area contributed by atoms with E-state index in [0.717, 1.165) is 18.0 Å². The van der Waals surface area contributed by atoms with Crippen LogP contribution in [0.3, 0.4) is 0 Å². The molecule has 0 bridgehead atoms. The summed E-state index contributed by atoms with van der Waals surface area (Å²) in [4.78, 5) is 12.3. The zero-order valence-electron chi connectivity index (χ0n) is 7.40. The number of hydrazine groups is 1. The second-order valence-corrected chi connectivity index (χ2v) is 3.88. The Labute approximate surface area is 83.0 Å². The molecule has 2 aliphatic rings. The monoisotopic (exact) mass is 196 g/mol. The van der Waals surface area contributed by atoms with Crippen molar-refractivity contribution in [3.05, 3.63) is 12.3 Å². The van der Waals surface area contributed by atoms with E-state index in [-0.39, 0.29) is 5.91 Å². The molecule has 2 aliphatic heterocycles. The van der Waals surface area contributed by atoms with Crippen molar-refractivity contribution in [3.63, 3.8) is 0 Å². The first-order valence-electron chi connectivity index (χ1n) is 4.55. The molecule has 0 saturated carbocycles. The fourth-order valence-corrected chi connectivity index (χ4v) is 1.88. The topological polar surface area (TPSA) is 23.6 Å². The third kappa shape index (κ3) is 1.78. The van der Waals surface area contributed by atoms with Gasteiger partial charge in [-0.2, -0.15) is 0 Å². The maximum absolute atomic E-state index is 11.5. The summed E-state index contributed by atoms with van der Waals surface area (Å²) in [6.45, 7) is 1.98. The van der Waals surface area contributed by atoms with Crippen molar-refractivity contribution in [2.75, 3.05) is 13.1 Å². The molecule has 4 heteroatoms. The number of rotatable bonds is 1. The van der Waals surface area contributed by atoms with Crippen LogP contribution in [-0.2, 0) is 4.79 Å². The van der Waals surface area contributed by atoms with Crippen LogP contribution in [-0.4, -0.2) is 33.9 Å².